The molecule has 5 aromatic rings. The monoisotopic (exact) mass is 576 g/mol. The van der Waals surface area contributed by atoms with Gasteiger partial charge in [-0.25, -0.2) is 33.1 Å². The average molecular weight is 577 g/mol. The number of aromatic nitrogens is 3. The Labute approximate surface area is 238 Å². The van der Waals surface area contributed by atoms with Gasteiger partial charge in [-0.2, -0.15) is 0 Å². The number of aliphatic imine (C=N–C) groups is 1. The fourth-order valence-corrected chi connectivity index (χ4v) is 5.19. The summed E-state index contributed by atoms with van der Waals surface area (Å²) in [5, 5.41) is 7.76. The zero-order chi connectivity index (χ0) is 28.8. The molecule has 0 aliphatic carbocycles. The van der Waals surface area contributed by atoms with Crippen molar-refractivity contribution in [3.63, 3.8) is 0 Å². The number of guanidine groups is 1. The van der Waals surface area contributed by atoms with E-state index >= 15 is 0 Å². The highest BCUT2D eigenvalue weighted by atomic mass is 35.5. The Morgan fingerprint density at radius 3 is 2.54 bits per heavy atom. The predicted octanol–water partition coefficient (Wildman–Crippen LogP) is 6.25. The number of anilines is 2. The number of nitrogens with two attached hydrogens (primary N) is 1. The molecule has 0 radical (unpaired) electrons. The first kappa shape index (κ1) is 26.7. The van der Waals surface area contributed by atoms with Crippen LogP contribution in [-0.2, 0) is 0 Å². The molecule has 2 aromatic heterocycles. The largest absolute Gasteiger partial charge is 0.369 e. The Balaban J connectivity index is 1.39. The van der Waals surface area contributed by atoms with Crippen LogP contribution in [0.3, 0.4) is 0 Å². The Morgan fingerprint density at radius 1 is 1.02 bits per heavy atom. The zero-order valence-electron chi connectivity index (χ0n) is 22.0. The topological polar surface area (TPSA) is 104 Å². The van der Waals surface area contributed by atoms with Crippen LogP contribution in [0.5, 0.6) is 0 Å². The third kappa shape index (κ3) is 5.09. The molecular formula is C29H24ClF3N8. The second-order valence-electron chi connectivity index (χ2n) is 9.83. The van der Waals surface area contributed by atoms with E-state index < -0.39 is 17.5 Å². The maximum atomic E-state index is 14.7. The molecule has 41 heavy (non-hydrogen) atoms. The van der Waals surface area contributed by atoms with E-state index in [1.165, 1.54) is 42.6 Å². The summed E-state index contributed by atoms with van der Waals surface area (Å²) in [5.41, 5.74) is 7.30. The van der Waals surface area contributed by atoms with Crippen molar-refractivity contribution in [2.24, 2.45) is 10.7 Å². The molecule has 0 saturated carbocycles. The van der Waals surface area contributed by atoms with Crippen LogP contribution in [0.2, 0.25) is 5.02 Å². The number of nitrogens with one attached hydrogen (secondary N) is 2. The third-order valence-corrected chi connectivity index (χ3v) is 7.12. The summed E-state index contributed by atoms with van der Waals surface area (Å²) in [6, 6.07) is 13.1. The fourth-order valence-electron chi connectivity index (χ4n) is 5.02. The number of hydrogen-bond acceptors (Lipinski definition) is 6. The molecule has 0 amide bonds. The molecule has 0 spiro atoms. The van der Waals surface area contributed by atoms with Crippen LogP contribution in [-0.4, -0.2) is 44.6 Å². The molecule has 3 aromatic carbocycles. The third-order valence-electron chi connectivity index (χ3n) is 6.89. The summed E-state index contributed by atoms with van der Waals surface area (Å²) >= 11 is 6.25. The van der Waals surface area contributed by atoms with Gasteiger partial charge >= 0.3 is 0 Å². The molecule has 3 heterocycles. The van der Waals surface area contributed by atoms with Crippen LogP contribution in [0.4, 0.5) is 30.5 Å². The summed E-state index contributed by atoms with van der Waals surface area (Å²) in [6.07, 6.45) is 1.42. The lowest BCUT2D eigenvalue weighted by atomic mass is 10.0. The van der Waals surface area contributed by atoms with Gasteiger partial charge in [0, 0.05) is 34.1 Å². The van der Waals surface area contributed by atoms with Crippen LogP contribution in [0.15, 0.2) is 65.8 Å². The molecule has 208 valence electrons. The lowest BCUT2D eigenvalue weighted by molar-refractivity contribution is 0.390. The maximum absolute atomic E-state index is 14.7. The van der Waals surface area contributed by atoms with Crippen LogP contribution >= 0.6 is 11.6 Å². The van der Waals surface area contributed by atoms with Gasteiger partial charge in [0.15, 0.2) is 5.96 Å². The van der Waals surface area contributed by atoms with E-state index in [-0.39, 0.29) is 41.1 Å². The van der Waals surface area contributed by atoms with E-state index in [0.717, 1.165) is 0 Å². The first-order chi connectivity index (χ1) is 19.7. The van der Waals surface area contributed by atoms with Gasteiger partial charge in [0.1, 0.15) is 34.2 Å². The molecule has 1 saturated heterocycles. The molecule has 4 N–H and O–H groups in total. The second kappa shape index (κ2) is 10.5. The Kier molecular flexibility index (Phi) is 6.84. The minimum absolute atomic E-state index is 0.0298. The fraction of sp³-hybridized carbons (Fsp3) is 0.172. The highest BCUT2D eigenvalue weighted by Gasteiger charge is 2.27. The number of benzene rings is 3. The lowest BCUT2D eigenvalue weighted by Crippen LogP contribution is -2.42. The molecule has 0 bridgehead atoms. The highest BCUT2D eigenvalue weighted by molar-refractivity contribution is 6.31. The maximum Gasteiger partial charge on any atom is 0.227 e. The zero-order valence-corrected chi connectivity index (χ0v) is 22.7. The van der Waals surface area contributed by atoms with E-state index in [0.29, 0.717) is 39.1 Å². The molecule has 12 heteroatoms. The Morgan fingerprint density at radius 2 is 1.80 bits per heavy atom. The molecule has 2 unspecified atom stereocenters. The van der Waals surface area contributed by atoms with Gasteiger partial charge in [-0.15, -0.1) is 0 Å². The molecular weight excluding hydrogens is 553 g/mol. The van der Waals surface area contributed by atoms with E-state index in [2.05, 4.69) is 30.6 Å². The van der Waals surface area contributed by atoms with Crippen molar-refractivity contribution in [3.05, 3.63) is 83.3 Å². The second-order valence-corrected chi connectivity index (χ2v) is 10.3. The molecule has 1 fully saturated rings. The first-order valence-corrected chi connectivity index (χ1v) is 13.2. The van der Waals surface area contributed by atoms with Crippen molar-refractivity contribution in [1.82, 2.24) is 25.2 Å². The number of hydrogen-bond donors (Lipinski definition) is 3. The van der Waals surface area contributed by atoms with Crippen molar-refractivity contribution in [3.8, 4) is 11.3 Å². The normalized spacial score (nSPS) is 17.5. The first-order valence-electron chi connectivity index (χ1n) is 12.8. The summed E-state index contributed by atoms with van der Waals surface area (Å²) in [6.45, 7) is 4.64. The number of rotatable bonds is 4. The van der Waals surface area contributed by atoms with Gasteiger partial charge in [-0.1, -0.05) is 23.7 Å². The van der Waals surface area contributed by atoms with Crippen molar-refractivity contribution < 1.29 is 13.2 Å². The summed E-state index contributed by atoms with van der Waals surface area (Å²) < 4.78 is 44.1. The number of fused-ring (bicyclic) bond motifs is 3. The van der Waals surface area contributed by atoms with Gasteiger partial charge in [0.25, 0.3) is 0 Å². The number of nitrogens with zero attached hydrogens (tertiary/aromatic N) is 5. The summed E-state index contributed by atoms with van der Waals surface area (Å²) in [4.78, 5) is 19.6. The van der Waals surface area contributed by atoms with Crippen LogP contribution in [0.25, 0.3) is 33.1 Å². The summed E-state index contributed by atoms with van der Waals surface area (Å²) in [5.74, 6) is -1.65. The van der Waals surface area contributed by atoms with E-state index in [1.807, 2.05) is 18.7 Å². The van der Waals surface area contributed by atoms with Crippen LogP contribution in [0, 0.1) is 17.5 Å². The average Bonchev–Trinajstić information content (AvgIpc) is 3.28. The van der Waals surface area contributed by atoms with E-state index in [1.54, 1.807) is 18.2 Å². The Bertz CT molecular complexity index is 1830. The van der Waals surface area contributed by atoms with Gasteiger partial charge in [0.2, 0.25) is 5.95 Å². The van der Waals surface area contributed by atoms with Gasteiger partial charge < -0.3 is 16.0 Å². The molecule has 2 atom stereocenters. The molecule has 6 rings (SSSR count). The molecule has 1 aliphatic heterocycles. The number of halogens is 4. The van der Waals surface area contributed by atoms with Crippen LogP contribution < -0.4 is 16.4 Å². The van der Waals surface area contributed by atoms with E-state index in [9.17, 15) is 13.2 Å². The van der Waals surface area contributed by atoms with Crippen molar-refractivity contribution in [2.75, 3.05) is 11.9 Å². The molecule has 1 aliphatic rings. The molecule has 8 nitrogen and oxygen atoms in total. The highest BCUT2D eigenvalue weighted by Crippen LogP contribution is 2.36. The smallest absolute Gasteiger partial charge is 0.227 e. The van der Waals surface area contributed by atoms with Gasteiger partial charge in [-0.3, -0.25) is 5.32 Å². The standard InChI is InChI=1S/C29H24ClF3N8/c1-14-13-41(15(2)36-14)28(34)39-23-11-17(7-9-20(23)31)37-29-35-12-24-26(40-29)18-8-6-16(30)10-19(18)27(38-24)25-21(32)4-3-5-22(25)33/h3-12,14-15,36H,13H2,1-2H3,(H2,34,39)(H,35,37,40). The Hall–Kier alpha value is -4.48. The lowest BCUT2D eigenvalue weighted by Gasteiger charge is -2.21. The SMILES string of the molecule is CC1CN(C(N)=Nc2cc(Nc3ncc4nc(-c5c(F)cccc5F)c5cc(Cl)ccc5c4n3)ccc2F)C(C)N1. The minimum atomic E-state index is -0.752. The van der Waals surface area contributed by atoms with Crippen molar-refractivity contribution in [2.45, 2.75) is 26.1 Å². The van der Waals surface area contributed by atoms with Gasteiger partial charge in [-0.05, 0) is 56.3 Å². The van der Waals surface area contributed by atoms with Crippen LogP contribution in [0.1, 0.15) is 13.8 Å². The van der Waals surface area contributed by atoms with Crippen molar-refractivity contribution in [1.29, 1.82) is 0 Å². The quantitative estimate of drug-likeness (QED) is 0.132. The minimum Gasteiger partial charge on any atom is -0.369 e. The van der Waals surface area contributed by atoms with Gasteiger partial charge in [0.05, 0.1) is 23.6 Å². The van der Waals surface area contributed by atoms with Crippen molar-refractivity contribution >= 4 is 56.7 Å². The van der Waals surface area contributed by atoms with E-state index in [4.69, 9.17) is 17.3 Å². The number of pyridine rings is 1. The summed E-state index contributed by atoms with van der Waals surface area (Å²) in [7, 11) is 0. The predicted molar refractivity (Wildman–Crippen MR) is 155 cm³/mol.